The van der Waals surface area contributed by atoms with Gasteiger partial charge in [0.05, 0.1) is 25.3 Å². The maximum Gasteiger partial charge on any atom is 0.233 e. The van der Waals surface area contributed by atoms with Gasteiger partial charge in [-0.15, -0.1) is 0 Å². The Bertz CT molecular complexity index is 797. The van der Waals surface area contributed by atoms with E-state index in [4.69, 9.17) is 9.15 Å². The molecule has 3 aromatic rings. The van der Waals surface area contributed by atoms with Crippen LogP contribution in [0.5, 0.6) is 0 Å². The van der Waals surface area contributed by atoms with Crippen molar-refractivity contribution in [3.63, 3.8) is 0 Å². The first kappa shape index (κ1) is 14.0. The minimum Gasteiger partial charge on any atom is -0.461 e. The monoisotopic (exact) mass is 311 g/mol. The molecule has 1 amide bonds. The minimum absolute atomic E-state index is 0.121. The molecular weight excluding hydrogens is 294 g/mol. The zero-order valence-electron chi connectivity index (χ0n) is 12.6. The maximum absolute atomic E-state index is 12.3. The number of aromatic nitrogens is 2. The molecular formula is C17H17N3O3. The number of amides is 1. The molecule has 6 nitrogen and oxygen atoms in total. The van der Waals surface area contributed by atoms with Gasteiger partial charge in [0.2, 0.25) is 5.91 Å². The van der Waals surface area contributed by atoms with Crippen LogP contribution in [0.15, 0.2) is 47.0 Å². The quantitative estimate of drug-likeness (QED) is 0.804. The number of anilines is 1. The highest BCUT2D eigenvalue weighted by molar-refractivity contribution is 5.92. The molecule has 118 valence electrons. The first-order valence-corrected chi connectivity index (χ1v) is 7.68. The second-order valence-corrected chi connectivity index (χ2v) is 5.65. The molecule has 1 unspecified atom stereocenters. The standard InChI is InChI=1S/C17H17N3O3/c21-17(10-14-9-12-3-1-2-4-15(12)23-14)19-16-5-7-18-20(16)13-6-8-22-11-13/h1-5,7,9,13H,6,8,10-11H2,(H,19,21). The third-order valence-corrected chi connectivity index (χ3v) is 4.00. The van der Waals surface area contributed by atoms with Crippen LogP contribution in [0.1, 0.15) is 18.2 Å². The van der Waals surface area contributed by atoms with Crippen LogP contribution in [0.4, 0.5) is 5.82 Å². The van der Waals surface area contributed by atoms with E-state index >= 15 is 0 Å². The van der Waals surface area contributed by atoms with Crippen LogP contribution in [0, 0.1) is 0 Å². The van der Waals surface area contributed by atoms with Crippen LogP contribution in [-0.4, -0.2) is 28.9 Å². The van der Waals surface area contributed by atoms with Gasteiger partial charge in [-0.2, -0.15) is 5.10 Å². The number of nitrogens with one attached hydrogen (secondary N) is 1. The van der Waals surface area contributed by atoms with Gasteiger partial charge in [-0.25, -0.2) is 4.68 Å². The molecule has 1 fully saturated rings. The number of fused-ring (bicyclic) bond motifs is 1. The molecule has 3 heterocycles. The number of carbonyl (C=O) groups excluding carboxylic acids is 1. The molecule has 1 aromatic carbocycles. The number of hydrogen-bond acceptors (Lipinski definition) is 4. The number of hydrogen-bond donors (Lipinski definition) is 1. The summed E-state index contributed by atoms with van der Waals surface area (Å²) in [5, 5.41) is 8.20. The van der Waals surface area contributed by atoms with Crippen molar-refractivity contribution < 1.29 is 13.9 Å². The van der Waals surface area contributed by atoms with Crippen LogP contribution in [0.2, 0.25) is 0 Å². The van der Waals surface area contributed by atoms with Gasteiger partial charge in [0.25, 0.3) is 0 Å². The fourth-order valence-corrected chi connectivity index (χ4v) is 2.89. The van der Waals surface area contributed by atoms with Crippen LogP contribution < -0.4 is 5.32 Å². The highest BCUT2D eigenvalue weighted by Gasteiger charge is 2.21. The summed E-state index contributed by atoms with van der Waals surface area (Å²) >= 11 is 0. The number of para-hydroxylation sites is 1. The highest BCUT2D eigenvalue weighted by atomic mass is 16.5. The van der Waals surface area contributed by atoms with Crippen molar-refractivity contribution in [2.45, 2.75) is 18.9 Å². The predicted molar refractivity (Wildman–Crippen MR) is 85.2 cm³/mol. The van der Waals surface area contributed by atoms with E-state index in [0.29, 0.717) is 18.2 Å². The second kappa shape index (κ2) is 5.89. The summed E-state index contributed by atoms with van der Waals surface area (Å²) in [4.78, 5) is 12.3. The fraction of sp³-hybridized carbons (Fsp3) is 0.294. The zero-order chi connectivity index (χ0) is 15.6. The van der Waals surface area contributed by atoms with Gasteiger partial charge >= 0.3 is 0 Å². The summed E-state index contributed by atoms with van der Waals surface area (Å²) in [6.07, 6.45) is 2.80. The van der Waals surface area contributed by atoms with Gasteiger partial charge < -0.3 is 14.5 Å². The van der Waals surface area contributed by atoms with Crippen molar-refractivity contribution in [3.05, 3.63) is 48.4 Å². The number of carbonyl (C=O) groups is 1. The van der Waals surface area contributed by atoms with E-state index in [9.17, 15) is 4.79 Å². The Labute approximate surface area is 133 Å². The summed E-state index contributed by atoms with van der Waals surface area (Å²) in [5.41, 5.74) is 0.795. The lowest BCUT2D eigenvalue weighted by Crippen LogP contribution is -2.20. The van der Waals surface area contributed by atoms with Crippen molar-refractivity contribution >= 4 is 22.7 Å². The molecule has 0 bridgehead atoms. The number of rotatable bonds is 4. The first-order valence-electron chi connectivity index (χ1n) is 7.68. The average Bonchev–Trinajstić information content (AvgIpc) is 3.26. The third-order valence-electron chi connectivity index (χ3n) is 4.00. The van der Waals surface area contributed by atoms with Gasteiger partial charge in [0.15, 0.2) is 0 Å². The molecule has 0 radical (unpaired) electrons. The molecule has 1 N–H and O–H groups in total. The number of furan rings is 1. The average molecular weight is 311 g/mol. The van der Waals surface area contributed by atoms with Crippen molar-refractivity contribution in [1.29, 1.82) is 0 Å². The minimum atomic E-state index is -0.121. The van der Waals surface area contributed by atoms with E-state index in [2.05, 4.69) is 10.4 Å². The molecule has 1 atom stereocenters. The Kier molecular flexibility index (Phi) is 3.59. The number of ether oxygens (including phenoxy) is 1. The summed E-state index contributed by atoms with van der Waals surface area (Å²) in [7, 11) is 0. The van der Waals surface area contributed by atoms with Gasteiger partial charge in [0.1, 0.15) is 17.2 Å². The molecule has 2 aromatic heterocycles. The van der Waals surface area contributed by atoms with Crippen molar-refractivity contribution in [2.75, 3.05) is 18.5 Å². The van der Waals surface area contributed by atoms with Crippen LogP contribution in [0.3, 0.4) is 0 Å². The molecule has 0 saturated carbocycles. The van der Waals surface area contributed by atoms with E-state index in [1.807, 2.05) is 35.0 Å². The molecule has 1 aliphatic heterocycles. The van der Waals surface area contributed by atoms with Crippen LogP contribution in [0.25, 0.3) is 11.0 Å². The second-order valence-electron chi connectivity index (χ2n) is 5.65. The number of benzene rings is 1. The molecule has 23 heavy (non-hydrogen) atoms. The largest absolute Gasteiger partial charge is 0.461 e. The summed E-state index contributed by atoms with van der Waals surface area (Å²) in [6.45, 7) is 1.37. The smallest absolute Gasteiger partial charge is 0.233 e. The van der Waals surface area contributed by atoms with E-state index in [0.717, 1.165) is 24.0 Å². The zero-order valence-corrected chi connectivity index (χ0v) is 12.6. The maximum atomic E-state index is 12.3. The Morgan fingerprint density at radius 2 is 2.26 bits per heavy atom. The third kappa shape index (κ3) is 2.85. The first-order chi connectivity index (χ1) is 11.3. The Morgan fingerprint density at radius 1 is 1.35 bits per heavy atom. The normalized spacial score (nSPS) is 17.7. The molecule has 4 rings (SSSR count). The predicted octanol–water partition coefficient (Wildman–Crippen LogP) is 2.77. The summed E-state index contributed by atoms with van der Waals surface area (Å²) in [5.74, 6) is 1.23. The highest BCUT2D eigenvalue weighted by Crippen LogP contribution is 2.23. The van der Waals surface area contributed by atoms with E-state index in [1.54, 1.807) is 12.3 Å². The van der Waals surface area contributed by atoms with Crippen molar-refractivity contribution in [3.8, 4) is 0 Å². The van der Waals surface area contributed by atoms with E-state index in [-0.39, 0.29) is 18.4 Å². The molecule has 0 spiro atoms. The molecule has 0 aliphatic carbocycles. The van der Waals surface area contributed by atoms with Crippen LogP contribution >= 0.6 is 0 Å². The fourth-order valence-electron chi connectivity index (χ4n) is 2.89. The van der Waals surface area contributed by atoms with Crippen molar-refractivity contribution in [1.82, 2.24) is 9.78 Å². The van der Waals surface area contributed by atoms with Gasteiger partial charge in [-0.05, 0) is 18.6 Å². The lowest BCUT2D eigenvalue weighted by molar-refractivity contribution is -0.115. The summed E-state index contributed by atoms with van der Waals surface area (Å²) < 4.78 is 12.9. The lowest BCUT2D eigenvalue weighted by atomic mass is 10.2. The molecule has 1 aliphatic rings. The van der Waals surface area contributed by atoms with E-state index < -0.39 is 0 Å². The Hall–Kier alpha value is -2.60. The van der Waals surface area contributed by atoms with Gasteiger partial charge in [0, 0.05) is 18.1 Å². The SMILES string of the molecule is O=C(Cc1cc2ccccc2o1)Nc1ccnn1C1CCOC1. The molecule has 6 heteroatoms. The van der Waals surface area contributed by atoms with Gasteiger partial charge in [-0.3, -0.25) is 4.79 Å². The Balaban J connectivity index is 1.47. The van der Waals surface area contributed by atoms with Crippen LogP contribution in [-0.2, 0) is 16.0 Å². The lowest BCUT2D eigenvalue weighted by Gasteiger charge is -2.13. The molecule has 1 saturated heterocycles. The Morgan fingerprint density at radius 3 is 3.09 bits per heavy atom. The van der Waals surface area contributed by atoms with Gasteiger partial charge in [-0.1, -0.05) is 18.2 Å². The number of nitrogens with zero attached hydrogens (tertiary/aromatic N) is 2. The topological polar surface area (TPSA) is 69.3 Å². The van der Waals surface area contributed by atoms with Crippen molar-refractivity contribution in [2.24, 2.45) is 0 Å². The van der Waals surface area contributed by atoms with E-state index in [1.165, 1.54) is 0 Å². The summed E-state index contributed by atoms with van der Waals surface area (Å²) in [6, 6.07) is 11.6.